The molecule has 0 amide bonds. The number of benzene rings is 1. The van der Waals surface area contributed by atoms with Crippen molar-refractivity contribution < 1.29 is 9.53 Å². The van der Waals surface area contributed by atoms with Crippen LogP contribution in [0.25, 0.3) is 0 Å². The maximum atomic E-state index is 11.6. The van der Waals surface area contributed by atoms with Crippen LogP contribution in [0.2, 0.25) is 0 Å². The Labute approximate surface area is 121 Å². The van der Waals surface area contributed by atoms with E-state index < -0.39 is 0 Å². The van der Waals surface area contributed by atoms with E-state index in [2.05, 4.69) is 43.0 Å². The molecule has 1 aromatic carbocycles. The van der Waals surface area contributed by atoms with Crippen LogP contribution in [-0.2, 0) is 16.1 Å². The highest BCUT2D eigenvalue weighted by molar-refractivity contribution is 5.72. The third-order valence-electron chi connectivity index (χ3n) is 4.09. The van der Waals surface area contributed by atoms with Crippen molar-refractivity contribution in [3.8, 4) is 0 Å². The lowest BCUT2D eigenvalue weighted by molar-refractivity contribution is -0.147. The molecule has 1 unspecified atom stereocenters. The van der Waals surface area contributed by atoms with Crippen LogP contribution in [0.1, 0.15) is 43.7 Å². The Bertz CT molecular complexity index is 439. The Kier molecular flexibility index (Phi) is 5.18. The summed E-state index contributed by atoms with van der Waals surface area (Å²) < 4.78 is 4.86. The van der Waals surface area contributed by atoms with Crippen molar-refractivity contribution >= 4 is 5.97 Å². The Balaban J connectivity index is 1.94. The van der Waals surface area contributed by atoms with E-state index in [4.69, 9.17) is 4.74 Å². The number of esters is 1. The summed E-state index contributed by atoms with van der Waals surface area (Å²) in [6.45, 7) is 7.23. The third-order valence-corrected chi connectivity index (χ3v) is 4.09. The van der Waals surface area contributed by atoms with E-state index in [0.29, 0.717) is 5.92 Å². The summed E-state index contributed by atoms with van der Waals surface area (Å²) in [5.41, 5.74) is 2.69. The SMILES string of the molecule is COC(=O)C1CCCN(Cc2ccc(C(C)C)cc2)C1. The number of nitrogens with zero attached hydrogens (tertiary/aromatic N) is 1. The molecule has 1 aliphatic heterocycles. The van der Waals surface area contributed by atoms with Crippen LogP contribution in [0.3, 0.4) is 0 Å². The minimum absolute atomic E-state index is 0.0451. The third kappa shape index (κ3) is 3.83. The van der Waals surface area contributed by atoms with Gasteiger partial charge in [0.15, 0.2) is 0 Å². The normalized spacial score (nSPS) is 20.1. The van der Waals surface area contributed by atoms with Crippen molar-refractivity contribution in [3.63, 3.8) is 0 Å². The van der Waals surface area contributed by atoms with E-state index >= 15 is 0 Å². The fourth-order valence-corrected chi connectivity index (χ4v) is 2.82. The van der Waals surface area contributed by atoms with Crippen molar-refractivity contribution in [2.24, 2.45) is 5.92 Å². The van der Waals surface area contributed by atoms with Crippen LogP contribution in [0.5, 0.6) is 0 Å². The largest absolute Gasteiger partial charge is 0.469 e. The fraction of sp³-hybridized carbons (Fsp3) is 0.588. The quantitative estimate of drug-likeness (QED) is 0.790. The zero-order valence-electron chi connectivity index (χ0n) is 12.8. The lowest BCUT2D eigenvalue weighted by atomic mass is 9.97. The monoisotopic (exact) mass is 275 g/mol. The zero-order valence-corrected chi connectivity index (χ0v) is 12.8. The number of carbonyl (C=O) groups excluding carboxylic acids is 1. The maximum absolute atomic E-state index is 11.6. The van der Waals surface area contributed by atoms with Gasteiger partial charge in [-0.3, -0.25) is 9.69 Å². The summed E-state index contributed by atoms with van der Waals surface area (Å²) in [6.07, 6.45) is 2.03. The fourth-order valence-electron chi connectivity index (χ4n) is 2.82. The van der Waals surface area contributed by atoms with Gasteiger partial charge in [-0.2, -0.15) is 0 Å². The second-order valence-electron chi connectivity index (χ2n) is 5.99. The maximum Gasteiger partial charge on any atom is 0.309 e. The van der Waals surface area contributed by atoms with Gasteiger partial charge in [-0.05, 0) is 36.4 Å². The topological polar surface area (TPSA) is 29.5 Å². The number of hydrogen-bond donors (Lipinski definition) is 0. The van der Waals surface area contributed by atoms with Gasteiger partial charge in [-0.25, -0.2) is 0 Å². The molecule has 1 heterocycles. The number of carbonyl (C=O) groups is 1. The Morgan fingerprint density at radius 3 is 2.65 bits per heavy atom. The summed E-state index contributed by atoms with van der Waals surface area (Å²) in [5.74, 6) is 0.552. The molecule has 2 rings (SSSR count). The molecule has 0 radical (unpaired) electrons. The minimum Gasteiger partial charge on any atom is -0.469 e. The van der Waals surface area contributed by atoms with Crippen molar-refractivity contribution in [3.05, 3.63) is 35.4 Å². The first-order chi connectivity index (χ1) is 9.60. The second-order valence-corrected chi connectivity index (χ2v) is 5.99. The lowest BCUT2D eigenvalue weighted by Crippen LogP contribution is -2.38. The molecule has 20 heavy (non-hydrogen) atoms. The average molecular weight is 275 g/mol. The molecule has 0 aromatic heterocycles. The summed E-state index contributed by atoms with van der Waals surface area (Å²) in [5, 5.41) is 0. The van der Waals surface area contributed by atoms with Gasteiger partial charge in [0.25, 0.3) is 0 Å². The Hall–Kier alpha value is -1.35. The highest BCUT2D eigenvalue weighted by atomic mass is 16.5. The van der Waals surface area contributed by atoms with Crippen LogP contribution >= 0.6 is 0 Å². The molecule has 0 bridgehead atoms. The van der Waals surface area contributed by atoms with Crippen LogP contribution in [0.4, 0.5) is 0 Å². The Morgan fingerprint density at radius 2 is 2.05 bits per heavy atom. The molecular weight excluding hydrogens is 250 g/mol. The van der Waals surface area contributed by atoms with Crippen molar-refractivity contribution in [1.29, 1.82) is 0 Å². The number of hydrogen-bond acceptors (Lipinski definition) is 3. The molecule has 1 aliphatic rings. The van der Waals surface area contributed by atoms with Crippen LogP contribution in [0.15, 0.2) is 24.3 Å². The molecule has 1 atom stereocenters. The van der Waals surface area contributed by atoms with Crippen molar-refractivity contribution in [2.75, 3.05) is 20.2 Å². The molecule has 110 valence electrons. The van der Waals surface area contributed by atoms with Gasteiger partial charge in [0.1, 0.15) is 0 Å². The predicted octanol–water partition coefficient (Wildman–Crippen LogP) is 3.20. The number of rotatable bonds is 4. The summed E-state index contributed by atoms with van der Waals surface area (Å²) in [6, 6.07) is 8.83. The smallest absolute Gasteiger partial charge is 0.309 e. The highest BCUT2D eigenvalue weighted by Gasteiger charge is 2.26. The summed E-state index contributed by atoms with van der Waals surface area (Å²) in [4.78, 5) is 14.0. The molecule has 0 aliphatic carbocycles. The zero-order chi connectivity index (χ0) is 14.5. The van der Waals surface area contributed by atoms with Crippen molar-refractivity contribution in [1.82, 2.24) is 4.90 Å². The number of likely N-dealkylation sites (tertiary alicyclic amines) is 1. The molecule has 1 fully saturated rings. The van der Waals surface area contributed by atoms with Gasteiger partial charge in [-0.15, -0.1) is 0 Å². The van der Waals surface area contributed by atoms with Crippen molar-refractivity contribution in [2.45, 2.75) is 39.2 Å². The average Bonchev–Trinajstić information content (AvgIpc) is 2.47. The van der Waals surface area contributed by atoms with Gasteiger partial charge in [0.2, 0.25) is 0 Å². The molecule has 3 heteroatoms. The molecule has 0 N–H and O–H groups in total. The van der Waals surface area contributed by atoms with E-state index in [0.717, 1.165) is 32.5 Å². The van der Waals surface area contributed by atoms with E-state index in [-0.39, 0.29) is 11.9 Å². The second kappa shape index (κ2) is 6.89. The van der Waals surface area contributed by atoms with E-state index in [9.17, 15) is 4.79 Å². The van der Waals surface area contributed by atoms with Gasteiger partial charge < -0.3 is 4.74 Å². The van der Waals surface area contributed by atoms with E-state index in [1.54, 1.807) is 0 Å². The molecule has 0 saturated carbocycles. The van der Waals surface area contributed by atoms with E-state index in [1.807, 2.05) is 0 Å². The van der Waals surface area contributed by atoms with E-state index in [1.165, 1.54) is 18.2 Å². The first-order valence-corrected chi connectivity index (χ1v) is 7.49. The van der Waals surface area contributed by atoms with Gasteiger partial charge >= 0.3 is 5.97 Å². The lowest BCUT2D eigenvalue weighted by Gasteiger charge is -2.31. The number of ether oxygens (including phenoxy) is 1. The molecular formula is C17H25NO2. The van der Waals surface area contributed by atoms with Crippen LogP contribution in [0, 0.1) is 5.92 Å². The standard InChI is InChI=1S/C17H25NO2/c1-13(2)15-8-6-14(7-9-15)11-18-10-4-5-16(12-18)17(19)20-3/h6-9,13,16H,4-5,10-12H2,1-3H3. The minimum atomic E-state index is -0.0649. The molecule has 1 aromatic rings. The first-order valence-electron chi connectivity index (χ1n) is 7.49. The summed E-state index contributed by atoms with van der Waals surface area (Å²) >= 11 is 0. The van der Waals surface area contributed by atoms with Gasteiger partial charge in [0, 0.05) is 13.1 Å². The number of methoxy groups -OCH3 is 1. The molecule has 1 saturated heterocycles. The molecule has 0 spiro atoms. The van der Waals surface area contributed by atoms with Crippen LogP contribution in [-0.4, -0.2) is 31.1 Å². The Morgan fingerprint density at radius 1 is 1.35 bits per heavy atom. The summed E-state index contributed by atoms with van der Waals surface area (Å²) in [7, 11) is 1.48. The highest BCUT2D eigenvalue weighted by Crippen LogP contribution is 2.21. The van der Waals surface area contributed by atoms with Gasteiger partial charge in [0.05, 0.1) is 13.0 Å². The number of piperidine rings is 1. The molecule has 3 nitrogen and oxygen atoms in total. The van der Waals surface area contributed by atoms with Gasteiger partial charge in [-0.1, -0.05) is 38.1 Å². The predicted molar refractivity (Wildman–Crippen MR) is 80.5 cm³/mol. The van der Waals surface area contributed by atoms with Crippen LogP contribution < -0.4 is 0 Å². The first kappa shape index (κ1) is 15.0.